The molecule has 3 aromatic rings. The van der Waals surface area contributed by atoms with Crippen LogP contribution in [-0.2, 0) is 0 Å². The third-order valence-corrected chi connectivity index (χ3v) is 6.02. The Hall–Kier alpha value is -3.19. The second-order valence-electron chi connectivity index (χ2n) is 7.46. The number of urea groups is 1. The average molecular weight is 435 g/mol. The van der Waals surface area contributed by atoms with Gasteiger partial charge in [0.2, 0.25) is 0 Å². The Morgan fingerprint density at radius 3 is 2.71 bits per heavy atom. The van der Waals surface area contributed by atoms with Crippen LogP contribution in [0.4, 0.5) is 15.6 Å². The maximum Gasteiger partial charge on any atom is 0.333 e. The van der Waals surface area contributed by atoms with Crippen molar-refractivity contribution in [2.75, 3.05) is 23.9 Å². The molecule has 0 spiro atoms. The topological polar surface area (TPSA) is 66.8 Å². The normalized spacial score (nSPS) is 13.8. The summed E-state index contributed by atoms with van der Waals surface area (Å²) in [6.07, 6.45) is 3.91. The number of amides is 2. The lowest BCUT2D eigenvalue weighted by atomic mass is 10.1. The first-order valence-electron chi connectivity index (χ1n) is 10.5. The van der Waals surface area contributed by atoms with Crippen molar-refractivity contribution < 1.29 is 9.53 Å². The van der Waals surface area contributed by atoms with Crippen LogP contribution in [0.5, 0.6) is 5.75 Å². The van der Waals surface area contributed by atoms with Gasteiger partial charge in [-0.05, 0) is 31.9 Å². The van der Waals surface area contributed by atoms with Gasteiger partial charge in [0.1, 0.15) is 11.6 Å². The van der Waals surface area contributed by atoms with E-state index >= 15 is 0 Å². The van der Waals surface area contributed by atoms with Gasteiger partial charge in [0.05, 0.1) is 18.5 Å². The highest BCUT2D eigenvalue weighted by atomic mass is 32.1. The highest BCUT2D eigenvalue weighted by Crippen LogP contribution is 2.31. The van der Waals surface area contributed by atoms with E-state index in [2.05, 4.69) is 36.5 Å². The average Bonchev–Trinajstić information content (AvgIpc) is 3.10. The first-order valence-corrected chi connectivity index (χ1v) is 11.3. The van der Waals surface area contributed by atoms with Gasteiger partial charge in [0, 0.05) is 23.9 Å². The third kappa shape index (κ3) is 4.94. The van der Waals surface area contributed by atoms with Crippen LogP contribution >= 0.6 is 11.3 Å². The van der Waals surface area contributed by atoms with Crippen molar-refractivity contribution in [3.63, 3.8) is 0 Å². The number of nitrogens with zero attached hydrogens (tertiary/aromatic N) is 3. The summed E-state index contributed by atoms with van der Waals surface area (Å²) in [5.41, 5.74) is 3.69. The predicted octanol–water partition coefficient (Wildman–Crippen LogP) is 6.14. The fraction of sp³-hybridized carbons (Fsp3) is 0.292. The molecule has 0 unspecified atom stereocenters. The molecule has 1 aliphatic heterocycles. The monoisotopic (exact) mass is 434 g/mol. The molecular weight excluding hydrogens is 408 g/mol. The van der Waals surface area contributed by atoms with E-state index < -0.39 is 0 Å². The molecule has 31 heavy (non-hydrogen) atoms. The van der Waals surface area contributed by atoms with Gasteiger partial charge >= 0.3 is 6.03 Å². The SMILES string of the molecule is COc1ccccc1NC(=O)N(C1=NCCCCC1)c1nc(-c2ccc(C)cc2)cs1. The molecule has 0 atom stereocenters. The Balaban J connectivity index is 1.67. The zero-order valence-electron chi connectivity index (χ0n) is 17.8. The van der Waals surface area contributed by atoms with Gasteiger partial charge in [-0.3, -0.25) is 4.99 Å². The van der Waals surface area contributed by atoms with Crippen molar-refractivity contribution in [2.45, 2.75) is 32.6 Å². The van der Waals surface area contributed by atoms with E-state index in [1.807, 2.05) is 29.6 Å². The molecule has 4 rings (SSSR count). The van der Waals surface area contributed by atoms with Gasteiger partial charge in [-0.15, -0.1) is 11.3 Å². The number of carbonyl (C=O) groups is 1. The smallest absolute Gasteiger partial charge is 0.333 e. The van der Waals surface area contributed by atoms with Crippen molar-refractivity contribution in [1.29, 1.82) is 0 Å². The van der Waals surface area contributed by atoms with Crippen LogP contribution in [-0.4, -0.2) is 30.5 Å². The number of carbonyl (C=O) groups excluding carboxylic acids is 1. The number of hydrogen-bond donors (Lipinski definition) is 1. The van der Waals surface area contributed by atoms with Crippen LogP contribution in [0.15, 0.2) is 58.9 Å². The number of hydrogen-bond acceptors (Lipinski definition) is 5. The Morgan fingerprint density at radius 1 is 1.10 bits per heavy atom. The fourth-order valence-corrected chi connectivity index (χ4v) is 4.35. The quantitative estimate of drug-likeness (QED) is 0.536. The summed E-state index contributed by atoms with van der Waals surface area (Å²) < 4.78 is 5.39. The highest BCUT2D eigenvalue weighted by Gasteiger charge is 2.26. The van der Waals surface area contributed by atoms with Gasteiger partial charge in [-0.25, -0.2) is 14.7 Å². The number of anilines is 2. The minimum atomic E-state index is -0.282. The number of thiazole rings is 1. The van der Waals surface area contributed by atoms with E-state index in [4.69, 9.17) is 14.7 Å². The summed E-state index contributed by atoms with van der Waals surface area (Å²) in [5.74, 6) is 1.37. The Bertz CT molecular complexity index is 1080. The Kier molecular flexibility index (Phi) is 6.62. The van der Waals surface area contributed by atoms with Crippen LogP contribution in [0.3, 0.4) is 0 Å². The Morgan fingerprint density at radius 2 is 1.90 bits per heavy atom. The minimum absolute atomic E-state index is 0.282. The maximum absolute atomic E-state index is 13.4. The van der Waals surface area contributed by atoms with E-state index in [-0.39, 0.29) is 6.03 Å². The molecule has 0 fully saturated rings. The summed E-state index contributed by atoms with van der Waals surface area (Å²) in [6.45, 7) is 2.79. The molecule has 160 valence electrons. The molecule has 1 N–H and O–H groups in total. The lowest BCUT2D eigenvalue weighted by Crippen LogP contribution is -2.40. The van der Waals surface area contributed by atoms with E-state index in [1.54, 1.807) is 12.0 Å². The number of methoxy groups -OCH3 is 1. The minimum Gasteiger partial charge on any atom is -0.495 e. The molecular formula is C24H26N4O2S. The number of aliphatic imine (C=N–C) groups is 1. The molecule has 2 heterocycles. The molecule has 2 amide bonds. The van der Waals surface area contributed by atoms with E-state index in [0.717, 1.165) is 49.3 Å². The van der Waals surface area contributed by atoms with Gasteiger partial charge in [-0.1, -0.05) is 48.4 Å². The fourth-order valence-electron chi connectivity index (χ4n) is 3.50. The molecule has 1 aliphatic rings. The summed E-state index contributed by atoms with van der Waals surface area (Å²) in [7, 11) is 1.59. The molecule has 2 aromatic carbocycles. The van der Waals surface area contributed by atoms with Crippen molar-refractivity contribution in [3.05, 3.63) is 59.5 Å². The number of para-hydroxylation sites is 2. The number of benzene rings is 2. The molecule has 1 aromatic heterocycles. The van der Waals surface area contributed by atoms with Crippen LogP contribution in [0.25, 0.3) is 11.3 Å². The van der Waals surface area contributed by atoms with Crippen LogP contribution in [0, 0.1) is 6.92 Å². The predicted molar refractivity (Wildman–Crippen MR) is 128 cm³/mol. The van der Waals surface area contributed by atoms with E-state index in [1.165, 1.54) is 16.9 Å². The summed E-state index contributed by atoms with van der Waals surface area (Å²) in [5, 5.41) is 5.58. The number of rotatable bonds is 4. The zero-order chi connectivity index (χ0) is 21.6. The molecule has 7 heteroatoms. The number of aryl methyl sites for hydroxylation is 1. The Labute approximate surface area is 186 Å². The number of aromatic nitrogens is 1. The standard InChI is InChI=1S/C24H26N4O2S/c1-17-11-13-18(14-12-17)20-16-31-24(27-20)28(22-10-4-3-7-15-25-22)23(29)26-19-8-5-6-9-21(19)30-2/h5-6,8-9,11-14,16H,3-4,7,10,15H2,1-2H3,(H,26,29). The molecule has 0 saturated heterocycles. The van der Waals surface area contributed by atoms with Crippen molar-refractivity contribution in [1.82, 2.24) is 4.98 Å². The molecule has 6 nitrogen and oxygen atoms in total. The molecule has 0 aliphatic carbocycles. The van der Waals surface area contributed by atoms with E-state index in [9.17, 15) is 4.79 Å². The molecule has 0 radical (unpaired) electrons. The summed E-state index contributed by atoms with van der Waals surface area (Å²) in [6, 6.07) is 15.3. The van der Waals surface area contributed by atoms with Crippen LogP contribution < -0.4 is 15.0 Å². The van der Waals surface area contributed by atoms with Crippen molar-refractivity contribution in [2.24, 2.45) is 4.99 Å². The van der Waals surface area contributed by atoms with Gasteiger partial charge in [0.15, 0.2) is 5.13 Å². The van der Waals surface area contributed by atoms with Gasteiger partial charge in [-0.2, -0.15) is 0 Å². The third-order valence-electron chi connectivity index (χ3n) is 5.19. The van der Waals surface area contributed by atoms with E-state index in [0.29, 0.717) is 16.6 Å². The summed E-state index contributed by atoms with van der Waals surface area (Å²) in [4.78, 5) is 24.6. The first-order chi connectivity index (χ1) is 15.2. The lowest BCUT2D eigenvalue weighted by Gasteiger charge is -2.22. The second kappa shape index (κ2) is 9.75. The van der Waals surface area contributed by atoms with Gasteiger partial charge in [0.25, 0.3) is 0 Å². The van der Waals surface area contributed by atoms with Crippen LogP contribution in [0.2, 0.25) is 0 Å². The largest absolute Gasteiger partial charge is 0.495 e. The number of nitrogens with one attached hydrogen (secondary N) is 1. The second-order valence-corrected chi connectivity index (χ2v) is 8.29. The lowest BCUT2D eigenvalue weighted by molar-refractivity contribution is 0.259. The first kappa shape index (κ1) is 21.1. The van der Waals surface area contributed by atoms with Crippen LogP contribution in [0.1, 0.15) is 31.2 Å². The number of ether oxygens (including phenoxy) is 1. The maximum atomic E-state index is 13.4. The zero-order valence-corrected chi connectivity index (χ0v) is 18.6. The van der Waals surface area contributed by atoms with Gasteiger partial charge < -0.3 is 10.1 Å². The molecule has 0 bridgehead atoms. The molecule has 0 saturated carbocycles. The van der Waals surface area contributed by atoms with Crippen molar-refractivity contribution in [3.8, 4) is 17.0 Å². The highest BCUT2D eigenvalue weighted by molar-refractivity contribution is 7.14. The van der Waals surface area contributed by atoms with Crippen molar-refractivity contribution >= 4 is 34.0 Å². The number of amidine groups is 1. The summed E-state index contributed by atoms with van der Waals surface area (Å²) >= 11 is 1.45.